The monoisotopic (exact) mass is 633 g/mol. The van der Waals surface area contributed by atoms with Gasteiger partial charge in [-0.25, -0.2) is 8.78 Å². The maximum absolute atomic E-state index is 14.2. The molecule has 0 aliphatic heterocycles. The number of nitriles is 1. The smallest absolute Gasteiger partial charge is 0.299 e. The van der Waals surface area contributed by atoms with Gasteiger partial charge in [-0.05, 0) is 70.6 Å². The highest BCUT2D eigenvalue weighted by atomic mass is 32.1. The molecule has 7 aromatic rings. The Balaban J connectivity index is 1.47. The van der Waals surface area contributed by atoms with Crippen LogP contribution in [0.1, 0.15) is 11.1 Å². The predicted octanol–water partition coefficient (Wildman–Crippen LogP) is 9.35. The molecule has 0 spiro atoms. The van der Waals surface area contributed by atoms with E-state index in [1.807, 2.05) is 0 Å². The third-order valence-electron chi connectivity index (χ3n) is 7.55. The number of hydrogen-bond donors (Lipinski definition) is 1. The van der Waals surface area contributed by atoms with Crippen LogP contribution in [0.4, 0.5) is 35.1 Å². The van der Waals surface area contributed by atoms with Gasteiger partial charge in [0, 0.05) is 32.5 Å². The van der Waals surface area contributed by atoms with E-state index in [1.54, 1.807) is 12.3 Å². The van der Waals surface area contributed by atoms with Gasteiger partial charge in [-0.15, -0.1) is 11.3 Å². The number of fused-ring (bicyclic) bond motifs is 7. The zero-order valence-electron chi connectivity index (χ0n) is 22.1. The van der Waals surface area contributed by atoms with Gasteiger partial charge in [0.05, 0.1) is 25.9 Å². The first kappa shape index (κ1) is 28.4. The number of benzene rings is 3. The maximum Gasteiger partial charge on any atom is 0.416 e. The zero-order chi connectivity index (χ0) is 32.0. The quantitative estimate of drug-likeness (QED) is 0.150. The standard InChI is InChI=1S/C33H11F8N3S/c34-20-7-16(5-18(11-20)32(36,37)38)14-1-3-22-24(9-14)28(43)30-26(22)27-23-4-2-15(10-25(23)29(44-13-42)31(27)45-30)17-6-19(33(39,40)41)12-21(35)8-17/h2,4-12,43H. The number of nitrogens with one attached hydrogen (secondary N) is 1. The van der Waals surface area contributed by atoms with E-state index in [4.69, 9.17) is 5.41 Å². The van der Waals surface area contributed by atoms with Gasteiger partial charge < -0.3 is 0 Å². The van der Waals surface area contributed by atoms with Gasteiger partial charge in [-0.3, -0.25) is 5.41 Å². The van der Waals surface area contributed by atoms with Crippen molar-refractivity contribution in [2.75, 3.05) is 0 Å². The van der Waals surface area contributed by atoms with Crippen molar-refractivity contribution in [3.05, 3.63) is 106 Å². The number of rotatable bonds is 2. The van der Waals surface area contributed by atoms with Crippen molar-refractivity contribution in [3.63, 3.8) is 0 Å². The van der Waals surface area contributed by atoms with Gasteiger partial charge in [-0.1, -0.05) is 24.3 Å². The summed E-state index contributed by atoms with van der Waals surface area (Å²) in [6.07, 6.45) is -7.81. The van der Waals surface area contributed by atoms with Crippen molar-refractivity contribution in [1.82, 2.24) is 0 Å². The number of alkyl halides is 6. The van der Waals surface area contributed by atoms with Crippen LogP contribution in [-0.4, -0.2) is 0 Å². The molecule has 220 valence electrons. The van der Waals surface area contributed by atoms with Gasteiger partial charge in [-0.2, -0.15) is 36.6 Å². The average Bonchev–Trinajstić information content (AvgIpc) is 3.58. The fourth-order valence-corrected chi connectivity index (χ4v) is 6.93. The average molecular weight is 634 g/mol. The second-order valence-corrected chi connectivity index (χ2v) is 11.3. The summed E-state index contributed by atoms with van der Waals surface area (Å²) in [7, 11) is 0. The lowest BCUT2D eigenvalue weighted by Gasteiger charge is -2.10. The van der Waals surface area contributed by atoms with Gasteiger partial charge in [0.2, 0.25) is 6.19 Å². The van der Waals surface area contributed by atoms with Crippen LogP contribution in [0.3, 0.4) is 0 Å². The number of thiophene rings is 1. The van der Waals surface area contributed by atoms with E-state index in [2.05, 4.69) is 17.1 Å². The largest absolute Gasteiger partial charge is 0.416 e. The molecule has 6 aromatic carbocycles. The minimum atomic E-state index is -4.78. The molecule has 0 radical (unpaired) electrons. The Labute approximate surface area is 250 Å². The summed E-state index contributed by atoms with van der Waals surface area (Å²) in [6.45, 7) is 0. The second kappa shape index (κ2) is 9.58. The van der Waals surface area contributed by atoms with Gasteiger partial charge in [0.1, 0.15) is 17.0 Å². The van der Waals surface area contributed by atoms with Crippen molar-refractivity contribution in [2.24, 2.45) is 4.99 Å². The molecular weight excluding hydrogens is 622 g/mol. The first-order chi connectivity index (χ1) is 21.2. The van der Waals surface area contributed by atoms with Crippen molar-refractivity contribution < 1.29 is 35.1 Å². The molecule has 0 aliphatic rings. The van der Waals surface area contributed by atoms with E-state index < -0.39 is 35.1 Å². The van der Waals surface area contributed by atoms with E-state index in [0.717, 1.165) is 35.6 Å². The lowest BCUT2D eigenvalue weighted by molar-refractivity contribution is -0.138. The van der Waals surface area contributed by atoms with E-state index >= 15 is 0 Å². The molecule has 1 N–H and O–H groups in total. The van der Waals surface area contributed by atoms with Crippen molar-refractivity contribution >= 4 is 53.1 Å². The highest BCUT2D eigenvalue weighted by Crippen LogP contribution is 2.42. The minimum absolute atomic E-state index is 0.0319. The summed E-state index contributed by atoms with van der Waals surface area (Å²) in [4.78, 5) is 3.96. The number of hydrogen-bond acceptors (Lipinski definition) is 4. The Bertz CT molecular complexity index is 2520. The van der Waals surface area contributed by atoms with Crippen LogP contribution in [0.2, 0.25) is 0 Å². The Morgan fingerprint density at radius 2 is 1.33 bits per heavy atom. The molecule has 0 unspecified atom stereocenters. The summed E-state index contributed by atoms with van der Waals surface area (Å²) in [6, 6.07) is 16.1. The molecule has 7 rings (SSSR count). The zero-order valence-corrected chi connectivity index (χ0v) is 22.9. The molecule has 0 fully saturated rings. The van der Waals surface area contributed by atoms with Crippen molar-refractivity contribution in [1.29, 1.82) is 10.7 Å². The summed E-state index contributed by atoms with van der Waals surface area (Å²) in [5.74, 6) is -2.16. The molecule has 0 saturated carbocycles. The Kier molecular flexibility index (Phi) is 6.06. The van der Waals surface area contributed by atoms with Crippen LogP contribution in [0.15, 0.2) is 65.7 Å². The summed E-state index contributed by atoms with van der Waals surface area (Å²) in [5, 5.41) is 21.4. The summed E-state index contributed by atoms with van der Waals surface area (Å²) in [5.41, 5.74) is -2.11. The third-order valence-corrected chi connectivity index (χ3v) is 8.76. The van der Waals surface area contributed by atoms with Crippen molar-refractivity contribution in [2.45, 2.75) is 12.4 Å². The first-order valence-corrected chi connectivity index (χ1v) is 13.7. The Morgan fingerprint density at radius 3 is 1.98 bits per heavy atom. The van der Waals surface area contributed by atoms with Crippen LogP contribution >= 0.6 is 11.3 Å². The molecule has 3 nitrogen and oxygen atoms in total. The van der Waals surface area contributed by atoms with E-state index in [0.29, 0.717) is 53.8 Å². The molecular formula is C33H11F8N3S. The van der Waals surface area contributed by atoms with Gasteiger partial charge in [0.25, 0.3) is 0 Å². The highest BCUT2D eigenvalue weighted by Gasteiger charge is 2.32. The molecule has 0 amide bonds. The Hall–Kier alpha value is -5.33. The lowest BCUT2D eigenvalue weighted by Crippen LogP contribution is -2.05. The molecule has 0 saturated heterocycles. The fourth-order valence-electron chi connectivity index (χ4n) is 5.64. The first-order valence-electron chi connectivity index (χ1n) is 12.9. The predicted molar refractivity (Wildman–Crippen MR) is 152 cm³/mol. The molecule has 0 bridgehead atoms. The van der Waals surface area contributed by atoms with E-state index in [9.17, 15) is 40.4 Å². The van der Waals surface area contributed by atoms with Crippen LogP contribution in [0, 0.1) is 40.6 Å². The van der Waals surface area contributed by atoms with Gasteiger partial charge in [0.15, 0.2) is 0 Å². The highest BCUT2D eigenvalue weighted by molar-refractivity contribution is 7.26. The lowest BCUT2D eigenvalue weighted by atomic mass is 10.00. The van der Waals surface area contributed by atoms with Crippen LogP contribution < -0.4 is 10.7 Å². The van der Waals surface area contributed by atoms with Crippen LogP contribution in [-0.2, 0) is 12.4 Å². The Morgan fingerprint density at radius 1 is 0.689 bits per heavy atom. The molecule has 45 heavy (non-hydrogen) atoms. The van der Waals surface area contributed by atoms with E-state index in [-0.39, 0.29) is 33.0 Å². The van der Waals surface area contributed by atoms with Crippen molar-refractivity contribution in [3.8, 4) is 28.4 Å². The molecule has 12 heteroatoms. The molecule has 1 heterocycles. The topological polar surface area (TPSA) is 60.0 Å². The van der Waals surface area contributed by atoms with Crippen LogP contribution in [0.5, 0.6) is 0 Å². The summed E-state index contributed by atoms with van der Waals surface area (Å²) >= 11 is 1.14. The number of nitrogens with zero attached hydrogens (tertiary/aromatic N) is 2. The molecule has 0 atom stereocenters. The third kappa shape index (κ3) is 4.49. The van der Waals surface area contributed by atoms with Crippen LogP contribution in [0.25, 0.3) is 64.0 Å². The SMILES string of the molecule is N#CN=c1c2cc(-c3cc(F)cc(C(F)(F)F)c3)ccc2c2c1sc1c(=N)c3cc(-c4cc(F)cc(C(F)(F)F)c4)c#cc3c12. The normalized spacial score (nSPS) is 12.9. The second-order valence-electron chi connectivity index (χ2n) is 10.3. The molecule has 0 aliphatic carbocycles. The summed E-state index contributed by atoms with van der Waals surface area (Å²) < 4.78 is 109. The maximum atomic E-state index is 14.2. The number of halogens is 8. The molecule has 1 aromatic heterocycles. The van der Waals surface area contributed by atoms with Gasteiger partial charge >= 0.3 is 12.4 Å². The van der Waals surface area contributed by atoms with E-state index in [1.165, 1.54) is 18.2 Å². The minimum Gasteiger partial charge on any atom is -0.299 e. The fraction of sp³-hybridized carbons (Fsp3) is 0.0606.